The molecule has 6 heteroatoms. The zero-order chi connectivity index (χ0) is 21.1. The topological polar surface area (TPSA) is 81.4 Å². The van der Waals surface area contributed by atoms with Gasteiger partial charge in [0.25, 0.3) is 0 Å². The number of allylic oxidation sites excluding steroid dienone is 1. The lowest BCUT2D eigenvalue weighted by molar-refractivity contribution is -0.132. The number of hydrogen-bond donors (Lipinski definition) is 0. The van der Waals surface area contributed by atoms with Crippen LogP contribution in [0.5, 0.6) is 0 Å². The maximum absolute atomic E-state index is 12.8. The summed E-state index contributed by atoms with van der Waals surface area (Å²) in [5.41, 5.74) is 15.4. The molecular formula is C24H25N5O. The Balaban J connectivity index is 1.73. The highest BCUT2D eigenvalue weighted by Crippen LogP contribution is 2.44. The summed E-state index contributed by atoms with van der Waals surface area (Å²) in [5.74, 6) is -0.122. The second-order valence-corrected chi connectivity index (χ2v) is 8.05. The molecule has 0 unspecified atom stereocenters. The standard InChI is InChI=1S/C24H25N5O/c1-16-6-10-18(11-7-16)14-20-4-3-5-21-23(20)27-29(22(30)15-26-28-25)24(21)19-12-8-17(2)9-13-19/h6-14,21,24H,3-5,15H2,1-2H3/b20-14-/t21-,24-/m1/s1. The molecule has 1 aliphatic heterocycles. The molecule has 0 bridgehead atoms. The van der Waals surface area contributed by atoms with Gasteiger partial charge in [0.2, 0.25) is 5.91 Å². The number of hydrogen-bond acceptors (Lipinski definition) is 3. The summed E-state index contributed by atoms with van der Waals surface area (Å²) in [6.45, 7) is 3.90. The lowest BCUT2D eigenvalue weighted by Crippen LogP contribution is -2.33. The third kappa shape index (κ3) is 4.00. The first-order valence-corrected chi connectivity index (χ1v) is 10.3. The van der Waals surface area contributed by atoms with Crippen molar-refractivity contribution >= 4 is 17.7 Å². The summed E-state index contributed by atoms with van der Waals surface area (Å²) in [7, 11) is 0. The fourth-order valence-corrected chi connectivity index (χ4v) is 4.33. The Morgan fingerprint density at radius 2 is 1.83 bits per heavy atom. The number of rotatable bonds is 4. The minimum atomic E-state index is -0.269. The van der Waals surface area contributed by atoms with E-state index in [4.69, 9.17) is 10.6 Å². The highest BCUT2D eigenvalue weighted by molar-refractivity contribution is 6.08. The maximum atomic E-state index is 12.8. The van der Waals surface area contributed by atoms with Crippen LogP contribution in [0.4, 0.5) is 0 Å². The Kier molecular flexibility index (Phi) is 5.68. The Hall–Kier alpha value is -3.37. The first-order chi connectivity index (χ1) is 14.6. The van der Waals surface area contributed by atoms with Gasteiger partial charge in [0.1, 0.15) is 6.54 Å². The van der Waals surface area contributed by atoms with Crippen LogP contribution in [0.15, 0.2) is 64.3 Å². The average Bonchev–Trinajstić information content (AvgIpc) is 3.15. The van der Waals surface area contributed by atoms with Crippen LogP contribution in [0.3, 0.4) is 0 Å². The maximum Gasteiger partial charge on any atom is 0.249 e. The Bertz CT molecular complexity index is 1050. The monoisotopic (exact) mass is 399 g/mol. The third-order valence-corrected chi connectivity index (χ3v) is 5.86. The summed E-state index contributed by atoms with van der Waals surface area (Å²) in [4.78, 5) is 15.6. The van der Waals surface area contributed by atoms with Crippen LogP contribution in [0, 0.1) is 19.8 Å². The molecule has 0 N–H and O–H groups in total. The lowest BCUT2D eigenvalue weighted by atomic mass is 9.77. The summed E-state index contributed by atoms with van der Waals surface area (Å²) in [5, 5.41) is 9.81. The van der Waals surface area contributed by atoms with Gasteiger partial charge in [-0.2, -0.15) is 5.10 Å². The summed E-state index contributed by atoms with van der Waals surface area (Å²) >= 11 is 0. The van der Waals surface area contributed by atoms with Crippen molar-refractivity contribution in [3.05, 3.63) is 86.8 Å². The van der Waals surface area contributed by atoms with Gasteiger partial charge in [0.15, 0.2) is 0 Å². The second-order valence-electron chi connectivity index (χ2n) is 8.05. The van der Waals surface area contributed by atoms with Crippen molar-refractivity contribution in [3.63, 3.8) is 0 Å². The van der Waals surface area contributed by atoms with Crippen LogP contribution in [-0.4, -0.2) is 23.2 Å². The Morgan fingerprint density at radius 3 is 2.50 bits per heavy atom. The number of benzene rings is 2. The molecule has 0 aromatic heterocycles. The highest BCUT2D eigenvalue weighted by atomic mass is 16.2. The van der Waals surface area contributed by atoms with Gasteiger partial charge >= 0.3 is 0 Å². The molecular weight excluding hydrogens is 374 g/mol. The molecule has 0 spiro atoms. The summed E-state index contributed by atoms with van der Waals surface area (Å²) in [6, 6.07) is 16.6. The first kappa shape index (κ1) is 19.9. The van der Waals surface area contributed by atoms with E-state index in [0.717, 1.165) is 36.1 Å². The van der Waals surface area contributed by atoms with Gasteiger partial charge < -0.3 is 0 Å². The number of nitrogens with zero attached hydrogens (tertiary/aromatic N) is 5. The van der Waals surface area contributed by atoms with Crippen LogP contribution in [0.1, 0.15) is 47.6 Å². The molecule has 2 aliphatic rings. The largest absolute Gasteiger partial charge is 0.273 e. The van der Waals surface area contributed by atoms with E-state index in [1.54, 1.807) is 5.01 Å². The molecule has 1 saturated carbocycles. The van der Waals surface area contributed by atoms with Crippen molar-refractivity contribution in [2.45, 2.75) is 39.2 Å². The minimum absolute atomic E-state index is 0.146. The van der Waals surface area contributed by atoms with Crippen molar-refractivity contribution in [1.29, 1.82) is 0 Å². The number of fused-ring (bicyclic) bond motifs is 1. The molecule has 1 fully saturated rings. The quantitative estimate of drug-likeness (QED) is 0.367. The molecule has 1 amide bonds. The SMILES string of the molecule is Cc1ccc(/C=C2/CCC[C@@H]3C2=NN(C(=O)CN=[N+]=[N-])[C@@H]3c2ccc(C)cc2)cc1. The van der Waals surface area contributed by atoms with E-state index < -0.39 is 0 Å². The summed E-state index contributed by atoms with van der Waals surface area (Å²) < 4.78 is 0. The molecule has 1 aliphatic carbocycles. The van der Waals surface area contributed by atoms with E-state index in [1.165, 1.54) is 16.7 Å². The second kappa shape index (κ2) is 8.56. The van der Waals surface area contributed by atoms with Gasteiger partial charge in [-0.15, -0.1) is 0 Å². The molecule has 0 saturated heterocycles. The van der Waals surface area contributed by atoms with Crippen LogP contribution in [0.2, 0.25) is 0 Å². The van der Waals surface area contributed by atoms with Crippen LogP contribution < -0.4 is 0 Å². The molecule has 0 radical (unpaired) electrons. The van der Waals surface area contributed by atoms with Crippen molar-refractivity contribution in [2.75, 3.05) is 6.54 Å². The zero-order valence-corrected chi connectivity index (χ0v) is 17.3. The van der Waals surface area contributed by atoms with Crippen molar-refractivity contribution < 1.29 is 4.79 Å². The van der Waals surface area contributed by atoms with Gasteiger partial charge in [-0.3, -0.25) is 4.79 Å². The van der Waals surface area contributed by atoms with Crippen molar-refractivity contribution in [3.8, 4) is 0 Å². The first-order valence-electron chi connectivity index (χ1n) is 10.3. The number of azide groups is 1. The zero-order valence-electron chi connectivity index (χ0n) is 17.3. The van der Waals surface area contributed by atoms with E-state index in [2.05, 4.69) is 71.6 Å². The van der Waals surface area contributed by atoms with Gasteiger partial charge in [-0.1, -0.05) is 64.8 Å². The average molecular weight is 399 g/mol. The van der Waals surface area contributed by atoms with Crippen molar-refractivity contribution in [2.24, 2.45) is 16.1 Å². The molecule has 2 atom stereocenters. The molecule has 4 rings (SSSR count). The molecule has 1 heterocycles. The fourth-order valence-electron chi connectivity index (χ4n) is 4.33. The van der Waals surface area contributed by atoms with Gasteiger partial charge in [0, 0.05) is 10.8 Å². The number of hydrazone groups is 1. The molecule has 152 valence electrons. The Morgan fingerprint density at radius 1 is 1.17 bits per heavy atom. The predicted molar refractivity (Wildman–Crippen MR) is 119 cm³/mol. The predicted octanol–water partition coefficient (Wildman–Crippen LogP) is 5.74. The van der Waals surface area contributed by atoms with Crippen LogP contribution in [0.25, 0.3) is 16.5 Å². The number of carbonyl (C=O) groups excluding carboxylic acids is 1. The third-order valence-electron chi connectivity index (χ3n) is 5.86. The fraction of sp³-hybridized carbons (Fsp3) is 0.333. The van der Waals surface area contributed by atoms with E-state index in [-0.39, 0.29) is 24.4 Å². The van der Waals surface area contributed by atoms with Crippen LogP contribution >= 0.6 is 0 Å². The van der Waals surface area contributed by atoms with E-state index in [0.29, 0.717) is 0 Å². The van der Waals surface area contributed by atoms with Gasteiger partial charge in [0.05, 0.1) is 11.8 Å². The smallest absolute Gasteiger partial charge is 0.249 e. The normalized spacial score (nSPS) is 21.7. The van der Waals surface area contributed by atoms with E-state index >= 15 is 0 Å². The molecule has 30 heavy (non-hydrogen) atoms. The van der Waals surface area contributed by atoms with Crippen molar-refractivity contribution in [1.82, 2.24) is 5.01 Å². The van der Waals surface area contributed by atoms with E-state index in [1.807, 2.05) is 6.92 Å². The lowest BCUT2D eigenvalue weighted by Gasteiger charge is -2.29. The highest BCUT2D eigenvalue weighted by Gasteiger charge is 2.43. The van der Waals surface area contributed by atoms with Gasteiger partial charge in [-0.25, -0.2) is 5.01 Å². The van der Waals surface area contributed by atoms with Crippen LogP contribution in [-0.2, 0) is 4.79 Å². The number of carbonyl (C=O) groups is 1. The number of amides is 1. The minimum Gasteiger partial charge on any atom is -0.273 e. The molecule has 2 aromatic rings. The molecule has 2 aromatic carbocycles. The number of aryl methyl sites for hydroxylation is 2. The Labute approximate surface area is 176 Å². The van der Waals surface area contributed by atoms with Gasteiger partial charge in [-0.05, 0) is 61.4 Å². The molecule has 6 nitrogen and oxygen atoms in total. The summed E-state index contributed by atoms with van der Waals surface area (Å²) in [6.07, 6.45) is 5.18. The van der Waals surface area contributed by atoms with E-state index in [9.17, 15) is 4.79 Å².